The molecule has 0 spiro atoms. The predicted octanol–water partition coefficient (Wildman–Crippen LogP) is 4.83. The Balaban J connectivity index is 1.45. The fourth-order valence-corrected chi connectivity index (χ4v) is 3.78. The van der Waals surface area contributed by atoms with Crippen LogP contribution in [0.25, 0.3) is 0 Å². The maximum atomic E-state index is 14.2. The molecule has 0 fully saturated rings. The SMILES string of the molecule is C[C@@H](Cc1ccc2c(c1)OCO2)CN(Cc1cccnc1)Cc1ccccc1F. The Bertz CT molecular complexity index is 949. The molecule has 150 valence electrons. The maximum absolute atomic E-state index is 14.2. The monoisotopic (exact) mass is 392 g/mol. The molecule has 4 rings (SSSR count). The Labute approximate surface area is 170 Å². The molecule has 0 saturated carbocycles. The quantitative estimate of drug-likeness (QED) is 0.550. The summed E-state index contributed by atoms with van der Waals surface area (Å²) < 4.78 is 25.1. The highest BCUT2D eigenvalue weighted by Gasteiger charge is 2.17. The molecular formula is C24H25FN2O2. The summed E-state index contributed by atoms with van der Waals surface area (Å²) in [5, 5.41) is 0. The second-order valence-electron chi connectivity index (χ2n) is 7.62. The van der Waals surface area contributed by atoms with Crippen LogP contribution in [0.3, 0.4) is 0 Å². The summed E-state index contributed by atoms with van der Waals surface area (Å²) >= 11 is 0. The van der Waals surface area contributed by atoms with Crippen molar-refractivity contribution in [3.05, 3.63) is 89.5 Å². The zero-order chi connectivity index (χ0) is 20.1. The van der Waals surface area contributed by atoms with Gasteiger partial charge in [0, 0.05) is 37.6 Å². The van der Waals surface area contributed by atoms with Crippen LogP contribution in [0.15, 0.2) is 67.0 Å². The smallest absolute Gasteiger partial charge is 0.231 e. The van der Waals surface area contributed by atoms with Gasteiger partial charge in [-0.05, 0) is 47.7 Å². The highest BCUT2D eigenvalue weighted by molar-refractivity contribution is 5.44. The van der Waals surface area contributed by atoms with Gasteiger partial charge < -0.3 is 9.47 Å². The minimum absolute atomic E-state index is 0.160. The first-order chi connectivity index (χ1) is 14.2. The fraction of sp³-hybridized carbons (Fsp3) is 0.292. The molecule has 29 heavy (non-hydrogen) atoms. The van der Waals surface area contributed by atoms with Crippen LogP contribution in [0.2, 0.25) is 0 Å². The number of hydrogen-bond acceptors (Lipinski definition) is 4. The normalized spacial score (nSPS) is 13.6. The molecule has 0 N–H and O–H groups in total. The molecule has 1 aromatic heterocycles. The Morgan fingerprint density at radius 3 is 2.69 bits per heavy atom. The number of benzene rings is 2. The van der Waals surface area contributed by atoms with Crippen molar-refractivity contribution in [1.82, 2.24) is 9.88 Å². The van der Waals surface area contributed by atoms with E-state index < -0.39 is 0 Å². The van der Waals surface area contributed by atoms with E-state index in [2.05, 4.69) is 35.0 Å². The van der Waals surface area contributed by atoms with Gasteiger partial charge in [0.2, 0.25) is 6.79 Å². The number of nitrogens with zero attached hydrogens (tertiary/aromatic N) is 2. The van der Waals surface area contributed by atoms with E-state index in [0.717, 1.165) is 36.6 Å². The number of fused-ring (bicyclic) bond motifs is 1. The Morgan fingerprint density at radius 2 is 1.86 bits per heavy atom. The number of rotatable bonds is 8. The minimum atomic E-state index is -0.160. The van der Waals surface area contributed by atoms with Crippen molar-refractivity contribution in [3.63, 3.8) is 0 Å². The number of aromatic nitrogens is 1. The zero-order valence-electron chi connectivity index (χ0n) is 16.6. The average molecular weight is 392 g/mol. The summed E-state index contributed by atoms with van der Waals surface area (Å²) in [7, 11) is 0. The van der Waals surface area contributed by atoms with E-state index in [1.807, 2.05) is 30.5 Å². The van der Waals surface area contributed by atoms with Crippen LogP contribution in [0.1, 0.15) is 23.6 Å². The second-order valence-corrected chi connectivity index (χ2v) is 7.62. The van der Waals surface area contributed by atoms with Crippen molar-refractivity contribution in [2.45, 2.75) is 26.4 Å². The summed E-state index contributed by atoms with van der Waals surface area (Å²) in [4.78, 5) is 6.50. The number of ether oxygens (including phenoxy) is 2. The summed E-state index contributed by atoms with van der Waals surface area (Å²) in [6.45, 7) is 4.65. The van der Waals surface area contributed by atoms with Crippen molar-refractivity contribution in [3.8, 4) is 11.5 Å². The summed E-state index contributed by atoms with van der Waals surface area (Å²) in [5.41, 5.74) is 3.06. The van der Waals surface area contributed by atoms with Gasteiger partial charge in [-0.15, -0.1) is 0 Å². The molecule has 0 saturated heterocycles. The highest BCUT2D eigenvalue weighted by Crippen LogP contribution is 2.33. The lowest BCUT2D eigenvalue weighted by molar-refractivity contribution is 0.174. The molecular weight excluding hydrogens is 367 g/mol. The highest BCUT2D eigenvalue weighted by atomic mass is 19.1. The molecule has 3 aromatic rings. The van der Waals surface area contributed by atoms with Gasteiger partial charge >= 0.3 is 0 Å². The minimum Gasteiger partial charge on any atom is -0.454 e. The van der Waals surface area contributed by atoms with Crippen LogP contribution in [-0.4, -0.2) is 23.2 Å². The lowest BCUT2D eigenvalue weighted by Gasteiger charge is -2.26. The van der Waals surface area contributed by atoms with E-state index in [1.54, 1.807) is 12.3 Å². The summed E-state index contributed by atoms with van der Waals surface area (Å²) in [5.74, 6) is 1.85. The van der Waals surface area contributed by atoms with E-state index in [0.29, 0.717) is 18.0 Å². The largest absolute Gasteiger partial charge is 0.454 e. The van der Waals surface area contributed by atoms with E-state index >= 15 is 0 Å². The van der Waals surface area contributed by atoms with Gasteiger partial charge in [0.1, 0.15) is 5.82 Å². The van der Waals surface area contributed by atoms with Crippen LogP contribution in [-0.2, 0) is 19.5 Å². The first kappa shape index (κ1) is 19.4. The zero-order valence-corrected chi connectivity index (χ0v) is 16.6. The standard InChI is InChI=1S/C24H25FN2O2/c1-18(11-19-8-9-23-24(12-19)29-17-28-23)14-27(15-20-5-4-10-26-13-20)16-21-6-2-3-7-22(21)25/h2-10,12-13,18H,11,14-17H2,1H3/t18-/m0/s1. The molecule has 4 nitrogen and oxygen atoms in total. The average Bonchev–Trinajstić information content (AvgIpc) is 3.18. The van der Waals surface area contributed by atoms with E-state index in [1.165, 1.54) is 11.6 Å². The number of hydrogen-bond donors (Lipinski definition) is 0. The molecule has 2 heterocycles. The summed E-state index contributed by atoms with van der Waals surface area (Å²) in [6.07, 6.45) is 4.56. The third-order valence-electron chi connectivity index (χ3n) is 5.07. The number of pyridine rings is 1. The Kier molecular flexibility index (Phi) is 6.06. The molecule has 0 unspecified atom stereocenters. The van der Waals surface area contributed by atoms with Crippen molar-refractivity contribution < 1.29 is 13.9 Å². The maximum Gasteiger partial charge on any atom is 0.231 e. The third kappa shape index (κ3) is 5.12. The Morgan fingerprint density at radius 1 is 1.00 bits per heavy atom. The first-order valence-corrected chi connectivity index (χ1v) is 9.90. The van der Waals surface area contributed by atoms with E-state index in [-0.39, 0.29) is 12.6 Å². The van der Waals surface area contributed by atoms with Gasteiger partial charge in [-0.25, -0.2) is 4.39 Å². The van der Waals surface area contributed by atoms with Crippen molar-refractivity contribution in [1.29, 1.82) is 0 Å². The molecule has 1 atom stereocenters. The molecule has 0 radical (unpaired) electrons. The Hall–Kier alpha value is -2.92. The predicted molar refractivity (Wildman–Crippen MR) is 110 cm³/mol. The van der Waals surface area contributed by atoms with Crippen LogP contribution in [0, 0.1) is 11.7 Å². The topological polar surface area (TPSA) is 34.6 Å². The van der Waals surface area contributed by atoms with Crippen molar-refractivity contribution >= 4 is 0 Å². The fourth-order valence-electron chi connectivity index (χ4n) is 3.78. The second kappa shape index (κ2) is 9.05. The van der Waals surface area contributed by atoms with Crippen LogP contribution < -0.4 is 9.47 Å². The molecule has 0 amide bonds. The molecule has 1 aliphatic heterocycles. The van der Waals surface area contributed by atoms with Crippen molar-refractivity contribution in [2.75, 3.05) is 13.3 Å². The van der Waals surface area contributed by atoms with Crippen LogP contribution in [0.5, 0.6) is 11.5 Å². The number of halogens is 1. The lowest BCUT2D eigenvalue weighted by atomic mass is 9.99. The summed E-state index contributed by atoms with van der Waals surface area (Å²) in [6, 6.07) is 17.1. The van der Waals surface area contributed by atoms with Gasteiger partial charge in [0.15, 0.2) is 11.5 Å². The van der Waals surface area contributed by atoms with Crippen molar-refractivity contribution in [2.24, 2.45) is 5.92 Å². The lowest BCUT2D eigenvalue weighted by Crippen LogP contribution is -2.29. The van der Waals surface area contributed by atoms with E-state index in [9.17, 15) is 4.39 Å². The van der Waals surface area contributed by atoms with Gasteiger partial charge in [-0.2, -0.15) is 0 Å². The third-order valence-corrected chi connectivity index (χ3v) is 5.07. The van der Waals surface area contributed by atoms with Crippen LogP contribution in [0.4, 0.5) is 4.39 Å². The van der Waals surface area contributed by atoms with Gasteiger partial charge in [-0.1, -0.05) is 37.3 Å². The van der Waals surface area contributed by atoms with E-state index in [4.69, 9.17) is 9.47 Å². The van der Waals surface area contributed by atoms with Gasteiger partial charge in [0.25, 0.3) is 0 Å². The first-order valence-electron chi connectivity index (χ1n) is 9.90. The molecule has 2 aromatic carbocycles. The molecule has 5 heteroatoms. The molecule has 0 bridgehead atoms. The molecule has 0 aliphatic carbocycles. The van der Waals surface area contributed by atoms with Crippen LogP contribution >= 0.6 is 0 Å². The van der Waals surface area contributed by atoms with Gasteiger partial charge in [-0.3, -0.25) is 9.88 Å². The van der Waals surface area contributed by atoms with Gasteiger partial charge in [0.05, 0.1) is 0 Å². The molecule has 1 aliphatic rings.